The van der Waals surface area contributed by atoms with Gasteiger partial charge in [0.1, 0.15) is 6.54 Å². The van der Waals surface area contributed by atoms with Crippen LogP contribution in [-0.2, 0) is 14.8 Å². The van der Waals surface area contributed by atoms with Gasteiger partial charge >= 0.3 is 0 Å². The SMILES string of the molecule is CC(C)Sc1nnc(NC(=O)CN(c2cccc(Cl)c2Cl)S(=O)(=O)c2ccccc2)s1. The summed E-state index contributed by atoms with van der Waals surface area (Å²) in [7, 11) is -4.10. The summed E-state index contributed by atoms with van der Waals surface area (Å²) in [6.45, 7) is 3.51. The molecule has 1 amide bonds. The van der Waals surface area contributed by atoms with E-state index >= 15 is 0 Å². The van der Waals surface area contributed by atoms with Gasteiger partial charge in [-0.1, -0.05) is 84.4 Å². The molecule has 12 heteroatoms. The highest BCUT2D eigenvalue weighted by Gasteiger charge is 2.29. The molecule has 0 saturated heterocycles. The van der Waals surface area contributed by atoms with Gasteiger partial charge in [-0.05, 0) is 24.3 Å². The number of nitrogens with one attached hydrogen (secondary N) is 1. The lowest BCUT2D eigenvalue weighted by atomic mass is 10.3. The Balaban J connectivity index is 1.91. The minimum Gasteiger partial charge on any atom is -0.299 e. The van der Waals surface area contributed by atoms with Gasteiger partial charge in [0.25, 0.3) is 10.0 Å². The van der Waals surface area contributed by atoms with Gasteiger partial charge in [0.05, 0.1) is 20.6 Å². The highest BCUT2D eigenvalue weighted by atomic mass is 35.5. The molecule has 3 rings (SSSR count). The molecule has 3 aromatic rings. The van der Waals surface area contributed by atoms with Crippen molar-refractivity contribution in [3.63, 3.8) is 0 Å². The summed E-state index contributed by atoms with van der Waals surface area (Å²) in [4.78, 5) is 12.8. The second kappa shape index (κ2) is 10.2. The van der Waals surface area contributed by atoms with E-state index in [2.05, 4.69) is 15.5 Å². The highest BCUT2D eigenvalue weighted by Crippen LogP contribution is 2.35. The Hall–Kier alpha value is -1.85. The molecule has 0 spiro atoms. The van der Waals surface area contributed by atoms with E-state index in [-0.39, 0.29) is 25.8 Å². The molecular formula is C19H18Cl2N4O3S3. The second-order valence-corrected chi connectivity index (χ2v) is 11.9. The van der Waals surface area contributed by atoms with Crippen molar-refractivity contribution < 1.29 is 13.2 Å². The molecule has 1 N–H and O–H groups in total. The van der Waals surface area contributed by atoms with Crippen molar-refractivity contribution in [1.82, 2.24) is 10.2 Å². The van der Waals surface area contributed by atoms with E-state index in [1.807, 2.05) is 13.8 Å². The van der Waals surface area contributed by atoms with Crippen molar-refractivity contribution in [2.75, 3.05) is 16.2 Å². The molecule has 1 heterocycles. The normalized spacial score (nSPS) is 11.5. The lowest BCUT2D eigenvalue weighted by molar-refractivity contribution is -0.114. The van der Waals surface area contributed by atoms with Crippen LogP contribution < -0.4 is 9.62 Å². The number of nitrogens with zero attached hydrogens (tertiary/aromatic N) is 3. The Labute approximate surface area is 198 Å². The molecule has 0 bridgehead atoms. The standard InChI is InChI=1S/C19H18Cl2N4O3S3/c1-12(2)29-19-24-23-18(30-19)22-16(26)11-25(15-10-6-9-14(20)17(15)21)31(27,28)13-7-4-3-5-8-13/h3-10,12H,11H2,1-2H3,(H,22,23,26). The number of thioether (sulfide) groups is 1. The zero-order chi connectivity index (χ0) is 22.6. The second-order valence-electron chi connectivity index (χ2n) is 6.49. The van der Waals surface area contributed by atoms with Crippen LogP contribution in [0, 0.1) is 0 Å². The van der Waals surface area contributed by atoms with E-state index in [9.17, 15) is 13.2 Å². The van der Waals surface area contributed by atoms with E-state index < -0.39 is 22.5 Å². The summed E-state index contributed by atoms with van der Waals surface area (Å²) in [5.74, 6) is -0.590. The molecule has 0 atom stereocenters. The first-order valence-electron chi connectivity index (χ1n) is 9.00. The topological polar surface area (TPSA) is 92.3 Å². The Morgan fingerprint density at radius 2 is 1.84 bits per heavy atom. The summed E-state index contributed by atoms with van der Waals surface area (Å²) in [5, 5.41) is 11.4. The van der Waals surface area contributed by atoms with Crippen LogP contribution in [0.2, 0.25) is 10.0 Å². The van der Waals surface area contributed by atoms with E-state index in [1.165, 1.54) is 47.4 Å². The van der Waals surface area contributed by atoms with Crippen LogP contribution in [0.5, 0.6) is 0 Å². The number of amides is 1. The van der Waals surface area contributed by atoms with Crippen LogP contribution in [0.4, 0.5) is 10.8 Å². The molecule has 1 aromatic heterocycles. The molecule has 0 unspecified atom stereocenters. The average molecular weight is 517 g/mol. The van der Waals surface area contributed by atoms with Crippen LogP contribution in [0.3, 0.4) is 0 Å². The molecule has 0 aliphatic carbocycles. The number of anilines is 2. The van der Waals surface area contributed by atoms with Gasteiger partial charge in [-0.2, -0.15) is 0 Å². The van der Waals surface area contributed by atoms with Crippen molar-refractivity contribution in [3.8, 4) is 0 Å². The smallest absolute Gasteiger partial charge is 0.264 e. The van der Waals surface area contributed by atoms with E-state index in [1.54, 1.807) is 24.3 Å². The molecule has 0 saturated carbocycles. The lowest BCUT2D eigenvalue weighted by Crippen LogP contribution is -2.38. The quantitative estimate of drug-likeness (QED) is 0.327. The highest BCUT2D eigenvalue weighted by molar-refractivity contribution is 8.01. The summed E-state index contributed by atoms with van der Waals surface area (Å²) in [5.41, 5.74) is 0.0986. The third-order valence-electron chi connectivity index (χ3n) is 3.81. The fraction of sp³-hybridized carbons (Fsp3) is 0.211. The Morgan fingerprint density at radius 1 is 1.13 bits per heavy atom. The Morgan fingerprint density at radius 3 is 2.52 bits per heavy atom. The van der Waals surface area contributed by atoms with Crippen molar-refractivity contribution in [2.45, 2.75) is 28.3 Å². The fourth-order valence-corrected chi connectivity index (χ4v) is 6.40. The number of hydrogen-bond acceptors (Lipinski definition) is 7. The van der Waals surface area contributed by atoms with Crippen molar-refractivity contribution in [1.29, 1.82) is 0 Å². The zero-order valence-electron chi connectivity index (χ0n) is 16.5. The predicted molar refractivity (Wildman–Crippen MR) is 127 cm³/mol. The van der Waals surface area contributed by atoms with Crippen molar-refractivity contribution in [3.05, 3.63) is 58.6 Å². The third kappa shape index (κ3) is 5.89. The van der Waals surface area contributed by atoms with Gasteiger partial charge < -0.3 is 0 Å². The molecule has 31 heavy (non-hydrogen) atoms. The number of carbonyl (C=O) groups excluding carboxylic acids is 1. The van der Waals surface area contributed by atoms with Crippen LogP contribution in [0.25, 0.3) is 0 Å². The summed E-state index contributed by atoms with van der Waals surface area (Å²) in [6.07, 6.45) is 0. The number of halogens is 2. The summed E-state index contributed by atoms with van der Waals surface area (Å²) >= 11 is 15.1. The molecule has 2 aromatic carbocycles. The first-order valence-corrected chi connectivity index (χ1v) is 12.9. The van der Waals surface area contributed by atoms with Gasteiger partial charge in [-0.3, -0.25) is 14.4 Å². The van der Waals surface area contributed by atoms with Gasteiger partial charge in [0.15, 0.2) is 4.34 Å². The van der Waals surface area contributed by atoms with Gasteiger partial charge in [0.2, 0.25) is 11.0 Å². The summed E-state index contributed by atoms with van der Waals surface area (Å²) in [6, 6.07) is 12.4. The number of hydrogen-bond donors (Lipinski definition) is 1. The third-order valence-corrected chi connectivity index (χ3v) is 8.32. The maximum absolute atomic E-state index is 13.3. The van der Waals surface area contributed by atoms with Crippen LogP contribution in [0.15, 0.2) is 57.8 Å². The van der Waals surface area contributed by atoms with Crippen molar-refractivity contribution in [2.24, 2.45) is 0 Å². The fourth-order valence-electron chi connectivity index (χ4n) is 2.50. The molecule has 0 aliphatic rings. The number of sulfonamides is 1. The monoisotopic (exact) mass is 516 g/mol. The van der Waals surface area contributed by atoms with Crippen LogP contribution in [0.1, 0.15) is 13.8 Å². The Kier molecular flexibility index (Phi) is 7.82. The number of rotatable bonds is 8. The van der Waals surface area contributed by atoms with Crippen LogP contribution >= 0.6 is 46.3 Å². The maximum atomic E-state index is 13.3. The Bertz CT molecular complexity index is 1170. The predicted octanol–water partition coefficient (Wildman–Crippen LogP) is 5.18. The van der Waals surface area contributed by atoms with E-state index in [0.29, 0.717) is 9.59 Å². The number of aromatic nitrogens is 2. The summed E-state index contributed by atoms with van der Waals surface area (Å²) < 4.78 is 28.3. The largest absolute Gasteiger partial charge is 0.299 e. The van der Waals surface area contributed by atoms with Crippen molar-refractivity contribution >= 4 is 73.0 Å². The maximum Gasteiger partial charge on any atom is 0.264 e. The van der Waals surface area contributed by atoms with E-state index in [4.69, 9.17) is 23.2 Å². The molecule has 164 valence electrons. The number of benzene rings is 2. The number of carbonyl (C=O) groups is 1. The molecule has 0 fully saturated rings. The zero-order valence-corrected chi connectivity index (χ0v) is 20.4. The van der Waals surface area contributed by atoms with Crippen LogP contribution in [-0.4, -0.2) is 36.3 Å². The molecule has 0 aliphatic heterocycles. The first-order chi connectivity index (χ1) is 14.7. The van der Waals surface area contributed by atoms with Gasteiger partial charge in [-0.15, -0.1) is 10.2 Å². The lowest BCUT2D eigenvalue weighted by Gasteiger charge is -2.25. The minimum absolute atomic E-state index is 0.0189. The average Bonchev–Trinajstić information content (AvgIpc) is 3.15. The van der Waals surface area contributed by atoms with E-state index in [0.717, 1.165) is 4.31 Å². The minimum atomic E-state index is -4.10. The first kappa shape index (κ1) is 23.8. The van der Waals surface area contributed by atoms with Gasteiger partial charge in [-0.25, -0.2) is 8.42 Å². The molecular weight excluding hydrogens is 499 g/mol. The van der Waals surface area contributed by atoms with Gasteiger partial charge in [0, 0.05) is 5.25 Å². The molecule has 7 nitrogen and oxygen atoms in total. The molecule has 0 radical (unpaired) electrons.